The molecule has 4 rings (SSSR count). The van der Waals surface area contributed by atoms with Crippen LogP contribution in [0.3, 0.4) is 0 Å². The van der Waals surface area contributed by atoms with Gasteiger partial charge in [0, 0.05) is 24.4 Å². The van der Waals surface area contributed by atoms with E-state index in [2.05, 4.69) is 20.5 Å². The van der Waals surface area contributed by atoms with Gasteiger partial charge in [-0.2, -0.15) is 0 Å². The largest absolute Gasteiger partial charge is 0.493 e. The molecule has 3 heterocycles. The molecule has 0 radical (unpaired) electrons. The average Bonchev–Trinajstić information content (AvgIpc) is 2.83. The van der Waals surface area contributed by atoms with Crippen LogP contribution in [0.25, 0.3) is 22.4 Å². The molecule has 3 aromatic rings. The van der Waals surface area contributed by atoms with Crippen molar-refractivity contribution in [2.24, 2.45) is 0 Å². The van der Waals surface area contributed by atoms with E-state index in [9.17, 15) is 0 Å². The van der Waals surface area contributed by atoms with Gasteiger partial charge in [0.2, 0.25) is 0 Å². The molecule has 0 unspecified atom stereocenters. The summed E-state index contributed by atoms with van der Waals surface area (Å²) in [6.45, 7) is 2.12. The quantitative estimate of drug-likeness (QED) is 0.592. The topological polar surface area (TPSA) is 114 Å². The third kappa shape index (κ3) is 4.84. The molecule has 162 valence electrons. The van der Waals surface area contributed by atoms with Crippen molar-refractivity contribution in [3.05, 3.63) is 42.6 Å². The van der Waals surface area contributed by atoms with Crippen molar-refractivity contribution in [1.29, 1.82) is 0 Å². The summed E-state index contributed by atoms with van der Waals surface area (Å²) in [7, 11) is 3.40. The molecule has 0 spiro atoms. The number of aromatic nitrogens is 3. The summed E-state index contributed by atoms with van der Waals surface area (Å²) in [6.07, 6.45) is 1.63. The lowest BCUT2D eigenvalue weighted by molar-refractivity contribution is -0.101. The highest BCUT2D eigenvalue weighted by atomic mass is 16.6. The van der Waals surface area contributed by atoms with Crippen molar-refractivity contribution >= 4 is 11.6 Å². The van der Waals surface area contributed by atoms with Gasteiger partial charge in [-0.1, -0.05) is 6.07 Å². The molecule has 1 fully saturated rings. The molecular weight excluding hydrogens is 398 g/mol. The third-order valence-electron chi connectivity index (χ3n) is 4.92. The van der Waals surface area contributed by atoms with Crippen molar-refractivity contribution in [2.45, 2.75) is 6.10 Å². The van der Waals surface area contributed by atoms with Crippen LogP contribution in [0.15, 0.2) is 42.6 Å². The zero-order valence-electron chi connectivity index (χ0n) is 17.5. The number of nitrogens with one attached hydrogen (secondary N) is 1. The zero-order valence-corrected chi connectivity index (χ0v) is 17.5. The van der Waals surface area contributed by atoms with Gasteiger partial charge in [0.25, 0.3) is 0 Å². The Kier molecular flexibility index (Phi) is 6.44. The Morgan fingerprint density at radius 1 is 1.10 bits per heavy atom. The first-order chi connectivity index (χ1) is 15.2. The van der Waals surface area contributed by atoms with Crippen molar-refractivity contribution in [1.82, 2.24) is 15.2 Å². The Morgan fingerprint density at radius 2 is 2.00 bits per heavy atom. The van der Waals surface area contributed by atoms with Crippen LogP contribution in [0.2, 0.25) is 0 Å². The van der Waals surface area contributed by atoms with E-state index >= 15 is 0 Å². The third-order valence-corrected chi connectivity index (χ3v) is 4.92. The molecular formula is C22H25N5O4. The number of pyridine rings is 1. The number of hydrogen-bond donors (Lipinski definition) is 2. The Labute approximate surface area is 180 Å². The van der Waals surface area contributed by atoms with Crippen molar-refractivity contribution < 1.29 is 18.9 Å². The van der Waals surface area contributed by atoms with Crippen LogP contribution in [0.1, 0.15) is 0 Å². The van der Waals surface area contributed by atoms with E-state index < -0.39 is 0 Å². The fourth-order valence-electron chi connectivity index (χ4n) is 3.23. The van der Waals surface area contributed by atoms with Crippen LogP contribution in [-0.2, 0) is 9.47 Å². The molecule has 31 heavy (non-hydrogen) atoms. The Bertz CT molecular complexity index is 1020. The van der Waals surface area contributed by atoms with Crippen molar-refractivity contribution in [3.63, 3.8) is 0 Å². The van der Waals surface area contributed by atoms with E-state index in [1.807, 2.05) is 36.4 Å². The lowest BCUT2D eigenvalue weighted by Gasteiger charge is -2.23. The lowest BCUT2D eigenvalue weighted by Crippen LogP contribution is -2.33. The van der Waals surface area contributed by atoms with Crippen LogP contribution in [0.4, 0.5) is 11.6 Å². The lowest BCUT2D eigenvalue weighted by atomic mass is 10.0. The normalized spacial score (nSPS) is 16.0. The SMILES string of the molecule is CNc1ccc(-c2cc(-c3ccc(OC[C@H]4COCCO4)c(OC)c3)cnc2N)nn1. The molecule has 1 aliphatic heterocycles. The molecule has 1 aromatic carbocycles. The summed E-state index contributed by atoms with van der Waals surface area (Å²) in [5.74, 6) is 2.32. The highest BCUT2D eigenvalue weighted by Crippen LogP contribution is 2.34. The maximum Gasteiger partial charge on any atom is 0.161 e. The van der Waals surface area contributed by atoms with E-state index in [0.29, 0.717) is 60.8 Å². The molecule has 2 aromatic heterocycles. The summed E-state index contributed by atoms with van der Waals surface area (Å²) in [4.78, 5) is 4.34. The number of anilines is 2. The maximum atomic E-state index is 6.10. The van der Waals surface area contributed by atoms with Crippen LogP contribution < -0.4 is 20.5 Å². The van der Waals surface area contributed by atoms with E-state index in [4.69, 9.17) is 24.7 Å². The fraction of sp³-hybridized carbons (Fsp3) is 0.318. The second-order valence-electron chi connectivity index (χ2n) is 6.95. The van der Waals surface area contributed by atoms with Crippen LogP contribution in [-0.4, -0.2) is 61.9 Å². The highest BCUT2D eigenvalue weighted by molar-refractivity contribution is 5.78. The van der Waals surface area contributed by atoms with Gasteiger partial charge >= 0.3 is 0 Å². The second kappa shape index (κ2) is 9.59. The summed E-state index contributed by atoms with van der Waals surface area (Å²) in [5, 5.41) is 11.3. The van der Waals surface area contributed by atoms with E-state index in [1.54, 1.807) is 20.4 Å². The van der Waals surface area contributed by atoms with Gasteiger partial charge in [-0.25, -0.2) is 4.98 Å². The first-order valence-electron chi connectivity index (χ1n) is 9.96. The van der Waals surface area contributed by atoms with Gasteiger partial charge in [-0.15, -0.1) is 10.2 Å². The van der Waals surface area contributed by atoms with Gasteiger partial charge in [0.05, 0.1) is 32.6 Å². The number of nitrogen functional groups attached to an aromatic ring is 1. The summed E-state index contributed by atoms with van der Waals surface area (Å²) < 4.78 is 22.5. The minimum atomic E-state index is -0.0857. The highest BCUT2D eigenvalue weighted by Gasteiger charge is 2.17. The summed E-state index contributed by atoms with van der Waals surface area (Å²) in [5.41, 5.74) is 9.24. The molecule has 3 N–H and O–H groups in total. The van der Waals surface area contributed by atoms with Crippen molar-refractivity contribution in [3.8, 4) is 33.9 Å². The first kappa shape index (κ1) is 20.8. The predicted octanol–water partition coefficient (Wildman–Crippen LogP) is 2.63. The van der Waals surface area contributed by atoms with Crippen LogP contribution >= 0.6 is 0 Å². The monoisotopic (exact) mass is 423 g/mol. The molecule has 1 saturated heterocycles. The average molecular weight is 423 g/mol. The number of rotatable bonds is 7. The molecule has 9 heteroatoms. The molecule has 0 saturated carbocycles. The Balaban J connectivity index is 1.57. The van der Waals surface area contributed by atoms with E-state index in [-0.39, 0.29) is 6.10 Å². The molecule has 1 aliphatic rings. The van der Waals surface area contributed by atoms with Gasteiger partial charge in [0.1, 0.15) is 24.3 Å². The predicted molar refractivity (Wildman–Crippen MR) is 117 cm³/mol. The molecule has 9 nitrogen and oxygen atoms in total. The minimum absolute atomic E-state index is 0.0857. The maximum absolute atomic E-state index is 6.10. The summed E-state index contributed by atoms with van der Waals surface area (Å²) in [6, 6.07) is 11.3. The van der Waals surface area contributed by atoms with Crippen LogP contribution in [0, 0.1) is 0 Å². The fourth-order valence-corrected chi connectivity index (χ4v) is 3.23. The van der Waals surface area contributed by atoms with E-state index in [0.717, 1.165) is 11.1 Å². The van der Waals surface area contributed by atoms with E-state index in [1.165, 1.54) is 0 Å². The number of nitrogens with zero attached hydrogens (tertiary/aromatic N) is 3. The molecule has 0 bridgehead atoms. The Hall–Kier alpha value is -3.43. The number of nitrogens with two attached hydrogens (primary N) is 1. The molecule has 0 aliphatic carbocycles. The number of ether oxygens (including phenoxy) is 4. The molecule has 1 atom stereocenters. The van der Waals surface area contributed by atoms with Gasteiger partial charge in [0.15, 0.2) is 11.5 Å². The smallest absolute Gasteiger partial charge is 0.161 e. The number of methoxy groups -OCH3 is 1. The van der Waals surface area contributed by atoms with Gasteiger partial charge in [-0.05, 0) is 35.9 Å². The van der Waals surface area contributed by atoms with Crippen molar-refractivity contribution in [2.75, 3.05) is 51.6 Å². The van der Waals surface area contributed by atoms with Gasteiger partial charge < -0.3 is 30.0 Å². The Morgan fingerprint density at radius 3 is 2.71 bits per heavy atom. The minimum Gasteiger partial charge on any atom is -0.493 e. The number of benzene rings is 1. The molecule has 0 amide bonds. The van der Waals surface area contributed by atoms with Crippen LogP contribution in [0.5, 0.6) is 11.5 Å². The first-order valence-corrected chi connectivity index (χ1v) is 9.96. The zero-order chi connectivity index (χ0) is 21.6. The standard InChI is InChI=1S/C22H25N5O4/c1-24-21-6-4-18(26-27-21)17-9-15(11-25-22(17)23)14-3-5-19(20(10-14)28-2)31-13-16-12-29-7-8-30-16/h3-6,9-11,16H,7-8,12-13H2,1-2H3,(H2,23,25)(H,24,27)/t16-/m1/s1. The summed E-state index contributed by atoms with van der Waals surface area (Å²) >= 11 is 0. The second-order valence-corrected chi connectivity index (χ2v) is 6.95. The van der Waals surface area contributed by atoms with Gasteiger partial charge in [-0.3, -0.25) is 0 Å². The number of hydrogen-bond acceptors (Lipinski definition) is 9.